The Morgan fingerprint density at radius 1 is 1.00 bits per heavy atom. The summed E-state index contributed by atoms with van der Waals surface area (Å²) >= 11 is 0. The molecule has 0 aliphatic carbocycles. The summed E-state index contributed by atoms with van der Waals surface area (Å²) in [6, 6.07) is 0. The van der Waals surface area contributed by atoms with Crippen LogP contribution in [0.15, 0.2) is 17.3 Å². The molecule has 0 bridgehead atoms. The van der Waals surface area contributed by atoms with Crippen molar-refractivity contribution in [2.24, 2.45) is 33.6 Å². The zero-order valence-electron chi connectivity index (χ0n) is 15.1. The van der Waals surface area contributed by atoms with Crippen molar-refractivity contribution in [2.75, 3.05) is 13.1 Å². The molecule has 2 unspecified atom stereocenters. The predicted molar refractivity (Wildman–Crippen MR) is 92.4 cm³/mol. The summed E-state index contributed by atoms with van der Waals surface area (Å²) < 4.78 is 0. The molecule has 0 aromatic heterocycles. The largest absolute Gasteiger partial charge is 0.360 e. The van der Waals surface area contributed by atoms with Crippen molar-refractivity contribution in [3.8, 4) is 0 Å². The third-order valence-corrected chi connectivity index (χ3v) is 5.49. The van der Waals surface area contributed by atoms with Gasteiger partial charge in [0.2, 0.25) is 0 Å². The van der Waals surface area contributed by atoms with Crippen LogP contribution in [-0.2, 0) is 0 Å². The van der Waals surface area contributed by atoms with Crippen LogP contribution in [0.1, 0.15) is 61.3 Å². The quantitative estimate of drug-likeness (QED) is 0.615. The maximum absolute atomic E-state index is 4.75. The molecule has 0 aromatic rings. The number of aliphatic imine (C=N–C) groups is 1. The van der Waals surface area contributed by atoms with E-state index in [0.717, 1.165) is 5.92 Å². The highest BCUT2D eigenvalue weighted by atomic mass is 15.2. The molecule has 0 N–H and O–H groups in total. The third kappa shape index (κ3) is 3.70. The standard InChI is InChI=1S/C19H34N2/c1-14-16(19(5,6)7)8-11-20-17(14)21-12-9-15(10-13-21)18(2,3)4/h8,11,14-16H,9-10,12-13H2,1-7H3. The molecule has 1 fully saturated rings. The molecule has 2 heterocycles. The lowest BCUT2D eigenvalue weighted by atomic mass is 9.71. The second-order valence-corrected chi connectivity index (χ2v) is 9.14. The fourth-order valence-electron chi connectivity index (χ4n) is 4.04. The molecular formula is C19H34N2. The molecule has 2 aliphatic heterocycles. The Balaban J connectivity index is 2.04. The van der Waals surface area contributed by atoms with E-state index in [1.807, 2.05) is 6.20 Å². The smallest absolute Gasteiger partial charge is 0.107 e. The first-order valence-electron chi connectivity index (χ1n) is 8.60. The molecule has 0 spiro atoms. The lowest BCUT2D eigenvalue weighted by Gasteiger charge is -2.44. The second-order valence-electron chi connectivity index (χ2n) is 9.14. The van der Waals surface area contributed by atoms with Gasteiger partial charge in [0.15, 0.2) is 0 Å². The number of hydrogen-bond acceptors (Lipinski definition) is 2. The molecule has 0 saturated carbocycles. The number of likely N-dealkylation sites (tertiary alicyclic amines) is 1. The van der Waals surface area contributed by atoms with E-state index in [-0.39, 0.29) is 0 Å². The van der Waals surface area contributed by atoms with Crippen LogP contribution in [0.5, 0.6) is 0 Å². The van der Waals surface area contributed by atoms with Crippen molar-refractivity contribution < 1.29 is 0 Å². The summed E-state index contributed by atoms with van der Waals surface area (Å²) in [5.41, 5.74) is 0.751. The Morgan fingerprint density at radius 2 is 1.57 bits per heavy atom. The van der Waals surface area contributed by atoms with Gasteiger partial charge in [-0.3, -0.25) is 0 Å². The maximum atomic E-state index is 4.75. The van der Waals surface area contributed by atoms with Crippen LogP contribution in [0.25, 0.3) is 0 Å². The summed E-state index contributed by atoms with van der Waals surface area (Å²) in [5, 5.41) is 0. The molecule has 2 atom stereocenters. The van der Waals surface area contributed by atoms with Crippen molar-refractivity contribution in [3.05, 3.63) is 12.3 Å². The predicted octanol–water partition coefficient (Wildman–Crippen LogP) is 4.97. The number of nitrogens with zero attached hydrogens (tertiary/aromatic N) is 2. The molecule has 120 valence electrons. The van der Waals surface area contributed by atoms with Gasteiger partial charge in [-0.2, -0.15) is 0 Å². The fraction of sp³-hybridized carbons (Fsp3) is 0.842. The Hall–Kier alpha value is -0.790. The molecule has 2 aliphatic rings. The van der Waals surface area contributed by atoms with E-state index in [2.05, 4.69) is 59.4 Å². The Bertz CT molecular complexity index is 412. The van der Waals surface area contributed by atoms with E-state index in [9.17, 15) is 0 Å². The summed E-state index contributed by atoms with van der Waals surface area (Å²) in [5.74, 6) is 3.29. The van der Waals surface area contributed by atoms with Crippen molar-refractivity contribution >= 4 is 5.84 Å². The SMILES string of the molecule is CC1C(N2CCC(C(C)(C)C)CC2)=NC=CC1C(C)(C)C. The second kappa shape index (κ2) is 5.78. The molecule has 1 saturated heterocycles. The highest BCUT2D eigenvalue weighted by Crippen LogP contribution is 2.39. The topological polar surface area (TPSA) is 15.6 Å². The normalized spacial score (nSPS) is 28.7. The first kappa shape index (κ1) is 16.6. The van der Waals surface area contributed by atoms with Gasteiger partial charge in [-0.05, 0) is 35.5 Å². The first-order chi connectivity index (χ1) is 9.60. The maximum Gasteiger partial charge on any atom is 0.107 e. The van der Waals surface area contributed by atoms with E-state index >= 15 is 0 Å². The number of rotatable bonds is 0. The van der Waals surface area contributed by atoms with Gasteiger partial charge in [0, 0.05) is 25.2 Å². The zero-order chi connectivity index (χ0) is 15.8. The summed E-state index contributed by atoms with van der Waals surface area (Å²) in [6.07, 6.45) is 6.95. The van der Waals surface area contributed by atoms with Gasteiger partial charge in [0.05, 0.1) is 0 Å². The van der Waals surface area contributed by atoms with Crippen LogP contribution >= 0.6 is 0 Å². The van der Waals surface area contributed by atoms with Gasteiger partial charge >= 0.3 is 0 Å². The molecule has 2 rings (SSSR count). The van der Waals surface area contributed by atoms with Gasteiger partial charge in [-0.15, -0.1) is 0 Å². The number of amidine groups is 1. The van der Waals surface area contributed by atoms with E-state index < -0.39 is 0 Å². The molecule has 21 heavy (non-hydrogen) atoms. The third-order valence-electron chi connectivity index (χ3n) is 5.49. The minimum atomic E-state index is 0.306. The minimum absolute atomic E-state index is 0.306. The Kier molecular flexibility index (Phi) is 4.56. The highest BCUT2D eigenvalue weighted by Gasteiger charge is 2.36. The summed E-state index contributed by atoms with van der Waals surface area (Å²) in [6.45, 7) is 18.9. The van der Waals surface area contributed by atoms with Crippen LogP contribution in [0.3, 0.4) is 0 Å². The monoisotopic (exact) mass is 290 g/mol. The van der Waals surface area contributed by atoms with Crippen LogP contribution < -0.4 is 0 Å². The Morgan fingerprint density at radius 3 is 2.05 bits per heavy atom. The van der Waals surface area contributed by atoms with Gasteiger partial charge in [-0.25, -0.2) is 4.99 Å². The van der Waals surface area contributed by atoms with Gasteiger partial charge < -0.3 is 4.90 Å². The van der Waals surface area contributed by atoms with Crippen LogP contribution in [-0.4, -0.2) is 23.8 Å². The number of hydrogen-bond donors (Lipinski definition) is 0. The van der Waals surface area contributed by atoms with E-state index in [4.69, 9.17) is 4.99 Å². The number of allylic oxidation sites excluding steroid dienone is 1. The molecule has 0 aromatic carbocycles. The number of piperidine rings is 1. The van der Waals surface area contributed by atoms with Crippen LogP contribution in [0.4, 0.5) is 0 Å². The lowest BCUT2D eigenvalue weighted by Crippen LogP contribution is -2.46. The summed E-state index contributed by atoms with van der Waals surface area (Å²) in [7, 11) is 0. The van der Waals surface area contributed by atoms with Gasteiger partial charge in [-0.1, -0.05) is 54.5 Å². The van der Waals surface area contributed by atoms with E-state index in [0.29, 0.717) is 22.7 Å². The molecule has 2 heteroatoms. The van der Waals surface area contributed by atoms with E-state index in [1.165, 1.54) is 31.8 Å². The molecule has 0 radical (unpaired) electrons. The lowest BCUT2D eigenvalue weighted by molar-refractivity contribution is 0.142. The van der Waals surface area contributed by atoms with Gasteiger partial charge in [0.1, 0.15) is 5.84 Å². The summed E-state index contributed by atoms with van der Waals surface area (Å²) in [4.78, 5) is 7.30. The van der Waals surface area contributed by atoms with Gasteiger partial charge in [0.25, 0.3) is 0 Å². The zero-order valence-corrected chi connectivity index (χ0v) is 15.1. The average molecular weight is 290 g/mol. The minimum Gasteiger partial charge on any atom is -0.360 e. The van der Waals surface area contributed by atoms with Crippen molar-refractivity contribution in [1.82, 2.24) is 4.90 Å². The van der Waals surface area contributed by atoms with Crippen molar-refractivity contribution in [1.29, 1.82) is 0 Å². The Labute approximate surface area is 131 Å². The van der Waals surface area contributed by atoms with E-state index in [1.54, 1.807) is 0 Å². The van der Waals surface area contributed by atoms with Crippen LogP contribution in [0, 0.1) is 28.6 Å². The molecule has 0 amide bonds. The average Bonchev–Trinajstić information content (AvgIpc) is 2.37. The fourth-order valence-corrected chi connectivity index (χ4v) is 4.04. The first-order valence-corrected chi connectivity index (χ1v) is 8.60. The van der Waals surface area contributed by atoms with Crippen molar-refractivity contribution in [3.63, 3.8) is 0 Å². The molecule has 2 nitrogen and oxygen atoms in total. The van der Waals surface area contributed by atoms with Crippen LogP contribution in [0.2, 0.25) is 0 Å². The van der Waals surface area contributed by atoms with Crippen molar-refractivity contribution in [2.45, 2.75) is 61.3 Å². The highest BCUT2D eigenvalue weighted by molar-refractivity contribution is 5.86. The molecular weight excluding hydrogens is 256 g/mol.